The molecule has 0 amide bonds. The van der Waals surface area contributed by atoms with Gasteiger partial charge in [0.05, 0.1) is 11.6 Å². The zero-order valence-corrected chi connectivity index (χ0v) is 15.7. The van der Waals surface area contributed by atoms with Crippen molar-refractivity contribution in [2.24, 2.45) is 0 Å². The van der Waals surface area contributed by atoms with Crippen molar-refractivity contribution in [2.75, 3.05) is 6.61 Å². The zero-order valence-electron chi connectivity index (χ0n) is 15.0. The standard InChI is InChI=1S/C21H23ClO4/c1-3-4-15-24-21(23)14-9-16(2)25-17-10-12-18(13-11-17)26-20-8-6-5-7-19(20)22/h5-14,16H,3-4,15H2,1-2H3. The van der Waals surface area contributed by atoms with Crippen molar-refractivity contribution in [3.8, 4) is 17.2 Å². The van der Waals surface area contributed by atoms with E-state index in [1.54, 1.807) is 42.5 Å². The van der Waals surface area contributed by atoms with Gasteiger partial charge in [-0.15, -0.1) is 0 Å². The van der Waals surface area contributed by atoms with Gasteiger partial charge in [0.1, 0.15) is 23.4 Å². The highest BCUT2D eigenvalue weighted by molar-refractivity contribution is 6.32. The van der Waals surface area contributed by atoms with Crippen LogP contribution in [0.5, 0.6) is 17.2 Å². The number of benzene rings is 2. The van der Waals surface area contributed by atoms with Crippen molar-refractivity contribution in [1.82, 2.24) is 0 Å². The second-order valence-corrected chi connectivity index (χ2v) is 6.11. The Morgan fingerprint density at radius 1 is 1.12 bits per heavy atom. The fourth-order valence-corrected chi connectivity index (χ4v) is 2.25. The van der Waals surface area contributed by atoms with E-state index < -0.39 is 0 Å². The summed E-state index contributed by atoms with van der Waals surface area (Å²) in [4.78, 5) is 11.5. The number of para-hydroxylation sites is 1. The number of hydrogen-bond donors (Lipinski definition) is 0. The Morgan fingerprint density at radius 2 is 1.81 bits per heavy atom. The van der Waals surface area contributed by atoms with Crippen LogP contribution in [0, 0.1) is 0 Å². The van der Waals surface area contributed by atoms with E-state index in [-0.39, 0.29) is 12.1 Å². The number of carbonyl (C=O) groups is 1. The van der Waals surface area contributed by atoms with E-state index in [4.69, 9.17) is 25.8 Å². The third-order valence-corrected chi connectivity index (χ3v) is 3.77. The predicted octanol–water partition coefficient (Wildman–Crippen LogP) is 5.80. The molecule has 0 saturated heterocycles. The highest BCUT2D eigenvalue weighted by Crippen LogP contribution is 2.29. The molecule has 0 fully saturated rings. The molecule has 0 aliphatic carbocycles. The van der Waals surface area contributed by atoms with Crippen LogP contribution >= 0.6 is 11.6 Å². The van der Waals surface area contributed by atoms with Crippen molar-refractivity contribution in [3.63, 3.8) is 0 Å². The summed E-state index contributed by atoms with van der Waals surface area (Å²) >= 11 is 6.08. The fourth-order valence-electron chi connectivity index (χ4n) is 2.07. The average Bonchev–Trinajstić information content (AvgIpc) is 2.64. The summed E-state index contributed by atoms with van der Waals surface area (Å²) < 4.78 is 16.5. The summed E-state index contributed by atoms with van der Waals surface area (Å²) in [5, 5.41) is 0.553. The molecule has 0 heterocycles. The van der Waals surface area contributed by atoms with E-state index in [2.05, 4.69) is 0 Å². The summed E-state index contributed by atoms with van der Waals surface area (Å²) in [6.45, 7) is 4.34. The van der Waals surface area contributed by atoms with E-state index in [1.807, 2.05) is 26.0 Å². The summed E-state index contributed by atoms with van der Waals surface area (Å²) in [5.74, 6) is 1.58. The van der Waals surface area contributed by atoms with Crippen LogP contribution in [-0.2, 0) is 9.53 Å². The smallest absolute Gasteiger partial charge is 0.330 e. The molecule has 0 N–H and O–H groups in total. The second kappa shape index (κ2) is 10.5. The number of ether oxygens (including phenoxy) is 3. The topological polar surface area (TPSA) is 44.8 Å². The minimum absolute atomic E-state index is 0.260. The first-order chi connectivity index (χ1) is 12.6. The Labute approximate surface area is 159 Å². The van der Waals surface area contributed by atoms with Gasteiger partial charge < -0.3 is 14.2 Å². The van der Waals surface area contributed by atoms with Gasteiger partial charge in [0.15, 0.2) is 0 Å². The number of hydrogen-bond acceptors (Lipinski definition) is 4. The SMILES string of the molecule is CCCCOC(=O)C=CC(C)Oc1ccc(Oc2ccccc2Cl)cc1. The van der Waals surface area contributed by atoms with Crippen molar-refractivity contribution in [1.29, 1.82) is 0 Å². The van der Waals surface area contributed by atoms with Crippen molar-refractivity contribution >= 4 is 17.6 Å². The molecule has 0 saturated carbocycles. The fraction of sp³-hybridized carbons (Fsp3) is 0.286. The average molecular weight is 375 g/mol. The van der Waals surface area contributed by atoms with E-state index in [1.165, 1.54) is 6.08 Å². The molecule has 1 unspecified atom stereocenters. The first kappa shape index (κ1) is 19.9. The minimum Gasteiger partial charge on any atom is -0.487 e. The van der Waals surface area contributed by atoms with E-state index >= 15 is 0 Å². The maximum atomic E-state index is 11.5. The molecule has 0 aliphatic rings. The molecule has 2 aromatic rings. The Bertz CT molecular complexity index is 725. The highest BCUT2D eigenvalue weighted by Gasteiger charge is 2.05. The van der Waals surface area contributed by atoms with Gasteiger partial charge in [-0.05, 0) is 55.8 Å². The number of carbonyl (C=O) groups excluding carboxylic acids is 1. The molecule has 0 aliphatic heterocycles. The molecule has 0 radical (unpaired) electrons. The van der Waals surface area contributed by atoms with Gasteiger partial charge >= 0.3 is 5.97 Å². The number of esters is 1. The summed E-state index contributed by atoms with van der Waals surface area (Å²) in [7, 11) is 0. The molecule has 138 valence electrons. The molecular weight excluding hydrogens is 352 g/mol. The molecule has 2 aromatic carbocycles. The van der Waals surface area contributed by atoms with Crippen LogP contribution < -0.4 is 9.47 Å². The lowest BCUT2D eigenvalue weighted by Crippen LogP contribution is -2.10. The van der Waals surface area contributed by atoms with E-state index in [0.717, 1.165) is 12.8 Å². The van der Waals surface area contributed by atoms with Crippen molar-refractivity contribution in [2.45, 2.75) is 32.8 Å². The number of halogens is 1. The van der Waals surface area contributed by atoms with Crippen LogP contribution in [0.25, 0.3) is 0 Å². The summed E-state index contributed by atoms with van der Waals surface area (Å²) in [6, 6.07) is 14.5. The zero-order chi connectivity index (χ0) is 18.8. The number of unbranched alkanes of at least 4 members (excludes halogenated alkanes) is 1. The molecule has 26 heavy (non-hydrogen) atoms. The molecular formula is C21H23ClO4. The molecule has 4 nitrogen and oxygen atoms in total. The van der Waals surface area contributed by atoms with E-state index in [0.29, 0.717) is 28.9 Å². The molecule has 1 atom stereocenters. The van der Waals surface area contributed by atoms with Gasteiger partial charge in [0.2, 0.25) is 0 Å². The van der Waals surface area contributed by atoms with Gasteiger partial charge in [-0.1, -0.05) is 37.1 Å². The minimum atomic E-state index is -0.350. The summed E-state index contributed by atoms with van der Waals surface area (Å²) in [5.41, 5.74) is 0. The number of rotatable bonds is 9. The monoisotopic (exact) mass is 374 g/mol. The highest BCUT2D eigenvalue weighted by atomic mass is 35.5. The molecule has 0 bridgehead atoms. The lowest BCUT2D eigenvalue weighted by atomic mass is 10.3. The van der Waals surface area contributed by atoms with Crippen LogP contribution in [0.4, 0.5) is 0 Å². The van der Waals surface area contributed by atoms with Gasteiger partial charge in [-0.25, -0.2) is 4.79 Å². The van der Waals surface area contributed by atoms with E-state index in [9.17, 15) is 4.79 Å². The molecule has 5 heteroatoms. The third-order valence-electron chi connectivity index (χ3n) is 3.46. The quantitative estimate of drug-likeness (QED) is 0.316. The van der Waals surface area contributed by atoms with Crippen molar-refractivity contribution < 1.29 is 19.0 Å². The lowest BCUT2D eigenvalue weighted by molar-refractivity contribution is -0.137. The Kier molecular flexibility index (Phi) is 8.03. The molecule has 0 aromatic heterocycles. The van der Waals surface area contributed by atoms with Gasteiger partial charge in [-0.2, -0.15) is 0 Å². The maximum Gasteiger partial charge on any atom is 0.330 e. The van der Waals surface area contributed by atoms with Crippen LogP contribution in [0.15, 0.2) is 60.7 Å². The van der Waals surface area contributed by atoms with Crippen molar-refractivity contribution in [3.05, 3.63) is 65.7 Å². The first-order valence-corrected chi connectivity index (χ1v) is 9.00. The molecule has 0 spiro atoms. The summed E-state index contributed by atoms with van der Waals surface area (Å²) in [6.07, 6.45) is 4.67. The van der Waals surface area contributed by atoms with Crippen LogP contribution in [0.1, 0.15) is 26.7 Å². The Morgan fingerprint density at radius 3 is 2.50 bits per heavy atom. The first-order valence-electron chi connectivity index (χ1n) is 8.62. The van der Waals surface area contributed by atoms with Crippen LogP contribution in [-0.4, -0.2) is 18.7 Å². The predicted molar refractivity (Wildman–Crippen MR) is 103 cm³/mol. The lowest BCUT2D eigenvalue weighted by Gasteiger charge is -2.12. The normalized spacial score (nSPS) is 12.0. The maximum absolute atomic E-state index is 11.5. The largest absolute Gasteiger partial charge is 0.487 e. The van der Waals surface area contributed by atoms with Crippen LogP contribution in [0.3, 0.4) is 0 Å². The molecule has 2 rings (SSSR count). The Hall–Kier alpha value is -2.46. The Balaban J connectivity index is 1.84. The second-order valence-electron chi connectivity index (χ2n) is 5.71. The van der Waals surface area contributed by atoms with Gasteiger partial charge in [0.25, 0.3) is 0 Å². The van der Waals surface area contributed by atoms with Crippen LogP contribution in [0.2, 0.25) is 5.02 Å². The van der Waals surface area contributed by atoms with Gasteiger partial charge in [-0.3, -0.25) is 0 Å². The van der Waals surface area contributed by atoms with Gasteiger partial charge in [0, 0.05) is 6.08 Å². The third kappa shape index (κ3) is 6.81.